The summed E-state index contributed by atoms with van der Waals surface area (Å²) in [5.74, 6) is 2.87. The van der Waals surface area contributed by atoms with E-state index in [4.69, 9.17) is 0 Å². The van der Waals surface area contributed by atoms with Gasteiger partial charge < -0.3 is 10.6 Å². The summed E-state index contributed by atoms with van der Waals surface area (Å²) in [7, 11) is 0. The lowest BCUT2D eigenvalue weighted by atomic mass is 9.71. The lowest BCUT2D eigenvalue weighted by molar-refractivity contribution is -0.121. The van der Waals surface area contributed by atoms with E-state index >= 15 is 0 Å². The van der Waals surface area contributed by atoms with Crippen molar-refractivity contribution < 1.29 is 9.59 Å². The van der Waals surface area contributed by atoms with Crippen molar-refractivity contribution >= 4 is 17.5 Å². The van der Waals surface area contributed by atoms with E-state index in [0.717, 1.165) is 42.8 Å². The van der Waals surface area contributed by atoms with E-state index in [0.29, 0.717) is 28.3 Å². The molecule has 5 aliphatic rings. The average molecular weight is 419 g/mol. The average Bonchev–Trinajstić information content (AvgIpc) is 3.55. The summed E-state index contributed by atoms with van der Waals surface area (Å²) >= 11 is 0. The molecule has 2 aromatic heterocycles. The van der Waals surface area contributed by atoms with Gasteiger partial charge in [-0.05, 0) is 92.1 Å². The van der Waals surface area contributed by atoms with Gasteiger partial charge in [0.1, 0.15) is 11.3 Å². The summed E-state index contributed by atoms with van der Waals surface area (Å²) in [4.78, 5) is 30.0. The number of imidazole rings is 1. The van der Waals surface area contributed by atoms with Crippen LogP contribution in [0.3, 0.4) is 0 Å². The van der Waals surface area contributed by atoms with Crippen molar-refractivity contribution in [3.63, 3.8) is 0 Å². The fraction of sp³-hybridized carbons (Fsp3) is 0.640. The number of hydrogen-bond donors (Lipinski definition) is 2. The van der Waals surface area contributed by atoms with Crippen molar-refractivity contribution in [2.45, 2.75) is 63.8 Å². The molecule has 5 unspecified atom stereocenters. The summed E-state index contributed by atoms with van der Waals surface area (Å²) in [6.45, 7) is 0.801. The monoisotopic (exact) mass is 418 g/mol. The Labute approximate surface area is 182 Å². The highest BCUT2D eigenvalue weighted by Gasteiger charge is 2.76. The molecule has 0 aromatic carbocycles. The van der Waals surface area contributed by atoms with Gasteiger partial charge in [0.05, 0.1) is 12.1 Å². The fourth-order valence-electron chi connectivity index (χ4n) is 7.55. The van der Waals surface area contributed by atoms with Gasteiger partial charge in [-0.3, -0.25) is 14.0 Å². The highest BCUT2D eigenvalue weighted by molar-refractivity contribution is 5.93. The molecule has 0 aliphatic heterocycles. The second kappa shape index (κ2) is 6.11. The lowest BCUT2D eigenvalue weighted by Crippen LogP contribution is -2.40. The maximum atomic E-state index is 13.1. The molecular formula is C25H30N4O2. The van der Waals surface area contributed by atoms with Crippen LogP contribution in [0.5, 0.6) is 0 Å². The molecule has 7 rings (SSSR count). The predicted octanol–water partition coefficient (Wildman–Crippen LogP) is 3.10. The molecule has 5 fully saturated rings. The SMILES string of the molecule is O=C(Cc1cn2c(C(=O)NCC34CC5CC5C5(CC5C3)C4)cccc2n1)NC1CCC1. The van der Waals surface area contributed by atoms with E-state index < -0.39 is 0 Å². The largest absolute Gasteiger partial charge is 0.353 e. The van der Waals surface area contributed by atoms with Crippen molar-refractivity contribution in [3.05, 3.63) is 35.8 Å². The summed E-state index contributed by atoms with van der Waals surface area (Å²) in [5, 5.41) is 6.34. The minimum Gasteiger partial charge on any atom is -0.353 e. The number of fused-ring (bicyclic) bond motifs is 3. The lowest BCUT2D eigenvalue weighted by Gasteiger charge is -2.36. The number of carbonyl (C=O) groups excluding carboxylic acids is 2. The first-order valence-electron chi connectivity index (χ1n) is 12.1. The molecule has 0 radical (unpaired) electrons. The zero-order chi connectivity index (χ0) is 20.8. The second-order valence-electron chi connectivity index (χ2n) is 11.2. The van der Waals surface area contributed by atoms with E-state index in [1.807, 2.05) is 28.8 Å². The summed E-state index contributed by atoms with van der Waals surface area (Å²) in [5.41, 5.74) is 3.04. The summed E-state index contributed by atoms with van der Waals surface area (Å²) < 4.78 is 1.84. The molecule has 5 atom stereocenters. The third-order valence-corrected chi connectivity index (χ3v) is 9.23. The number of aromatic nitrogens is 2. The van der Waals surface area contributed by atoms with Crippen LogP contribution < -0.4 is 10.6 Å². The van der Waals surface area contributed by atoms with Gasteiger partial charge in [-0.15, -0.1) is 0 Å². The molecule has 2 heterocycles. The van der Waals surface area contributed by atoms with E-state index in [1.54, 1.807) is 0 Å². The fourth-order valence-corrected chi connectivity index (χ4v) is 7.55. The van der Waals surface area contributed by atoms with Crippen molar-refractivity contribution in [2.75, 3.05) is 6.54 Å². The molecule has 6 heteroatoms. The molecular weight excluding hydrogens is 388 g/mol. The maximum absolute atomic E-state index is 13.1. The van der Waals surface area contributed by atoms with Crippen LogP contribution in [-0.4, -0.2) is 33.8 Å². The number of amides is 2. The molecule has 162 valence electrons. The third kappa shape index (κ3) is 2.79. The van der Waals surface area contributed by atoms with Crippen LogP contribution >= 0.6 is 0 Å². The zero-order valence-electron chi connectivity index (χ0n) is 17.9. The van der Waals surface area contributed by atoms with Crippen LogP contribution in [0, 0.1) is 28.6 Å². The van der Waals surface area contributed by atoms with Gasteiger partial charge >= 0.3 is 0 Å². The van der Waals surface area contributed by atoms with Crippen LogP contribution in [0.2, 0.25) is 0 Å². The van der Waals surface area contributed by atoms with Crippen LogP contribution in [0.1, 0.15) is 67.5 Å². The van der Waals surface area contributed by atoms with Crippen molar-refractivity contribution in [3.8, 4) is 0 Å². The molecule has 6 nitrogen and oxygen atoms in total. The van der Waals surface area contributed by atoms with E-state index in [-0.39, 0.29) is 18.2 Å². The first-order chi connectivity index (χ1) is 15.0. The Kier molecular flexibility index (Phi) is 3.59. The topological polar surface area (TPSA) is 75.5 Å². The molecule has 5 saturated carbocycles. The first-order valence-corrected chi connectivity index (χ1v) is 12.1. The molecule has 2 N–H and O–H groups in total. The number of nitrogens with one attached hydrogen (secondary N) is 2. The Morgan fingerprint density at radius 1 is 1.19 bits per heavy atom. The Morgan fingerprint density at radius 2 is 2.10 bits per heavy atom. The van der Waals surface area contributed by atoms with Crippen molar-refractivity contribution in [2.24, 2.45) is 28.6 Å². The molecule has 2 aromatic rings. The van der Waals surface area contributed by atoms with Crippen molar-refractivity contribution in [1.82, 2.24) is 20.0 Å². The quantitative estimate of drug-likeness (QED) is 0.757. The van der Waals surface area contributed by atoms with Gasteiger partial charge in [0.25, 0.3) is 5.91 Å². The second-order valence-corrected chi connectivity index (χ2v) is 11.2. The van der Waals surface area contributed by atoms with E-state index in [1.165, 1.54) is 38.5 Å². The normalized spacial score (nSPS) is 37.0. The van der Waals surface area contributed by atoms with Gasteiger partial charge in [-0.25, -0.2) is 4.98 Å². The molecule has 5 aliphatic carbocycles. The summed E-state index contributed by atoms with van der Waals surface area (Å²) in [6, 6.07) is 5.95. The van der Waals surface area contributed by atoms with Gasteiger partial charge in [-0.1, -0.05) is 6.07 Å². The predicted molar refractivity (Wildman–Crippen MR) is 115 cm³/mol. The number of hydrogen-bond acceptors (Lipinski definition) is 3. The molecule has 2 bridgehead atoms. The third-order valence-electron chi connectivity index (χ3n) is 9.23. The van der Waals surface area contributed by atoms with Crippen LogP contribution in [0.15, 0.2) is 24.4 Å². The van der Waals surface area contributed by atoms with E-state index in [2.05, 4.69) is 15.6 Å². The highest BCUT2D eigenvalue weighted by Crippen LogP contribution is 2.83. The minimum atomic E-state index is -0.0320. The van der Waals surface area contributed by atoms with E-state index in [9.17, 15) is 9.59 Å². The smallest absolute Gasteiger partial charge is 0.268 e. The standard InChI is InChI=1S/C25H30N4O2/c30-22(28-17-3-1-4-17)8-18-12-29-20(5-2-6-21(29)27-18)23(31)26-14-24-9-15-7-19(15)25(13-24)11-16(25)10-24/h2,5-6,12,15-17,19H,1,3-4,7-11,13-14H2,(H,26,31)(H,28,30). The number of pyridine rings is 1. The molecule has 1 spiro atoms. The van der Waals surface area contributed by atoms with Gasteiger partial charge in [-0.2, -0.15) is 0 Å². The number of carbonyl (C=O) groups is 2. The Morgan fingerprint density at radius 3 is 2.94 bits per heavy atom. The van der Waals surface area contributed by atoms with Crippen LogP contribution in [0.4, 0.5) is 0 Å². The number of rotatable bonds is 6. The maximum Gasteiger partial charge on any atom is 0.268 e. The molecule has 2 amide bonds. The highest BCUT2D eigenvalue weighted by atomic mass is 16.2. The Balaban J connectivity index is 1.06. The zero-order valence-corrected chi connectivity index (χ0v) is 17.9. The first kappa shape index (κ1) is 18.2. The van der Waals surface area contributed by atoms with Crippen LogP contribution in [-0.2, 0) is 11.2 Å². The molecule has 0 saturated heterocycles. The number of nitrogens with zero attached hydrogens (tertiary/aromatic N) is 2. The van der Waals surface area contributed by atoms with Gasteiger partial charge in [0, 0.05) is 18.8 Å². The summed E-state index contributed by atoms with van der Waals surface area (Å²) in [6.07, 6.45) is 12.3. The van der Waals surface area contributed by atoms with Crippen LogP contribution in [0.25, 0.3) is 5.65 Å². The minimum absolute atomic E-state index is 0.0163. The van der Waals surface area contributed by atoms with Crippen molar-refractivity contribution in [1.29, 1.82) is 0 Å². The Bertz CT molecular complexity index is 1100. The Hall–Kier alpha value is -2.37. The molecule has 31 heavy (non-hydrogen) atoms. The van der Waals surface area contributed by atoms with Gasteiger partial charge in [0.15, 0.2) is 0 Å². The van der Waals surface area contributed by atoms with Gasteiger partial charge in [0.2, 0.25) is 5.91 Å².